The normalized spacial score (nSPS) is 13.9. The lowest BCUT2D eigenvalue weighted by Crippen LogP contribution is -2.24. The van der Waals surface area contributed by atoms with Gasteiger partial charge in [0.15, 0.2) is 0 Å². The minimum atomic E-state index is -0.600. The van der Waals surface area contributed by atoms with Crippen LogP contribution in [0, 0.1) is 12.8 Å². The van der Waals surface area contributed by atoms with Crippen molar-refractivity contribution < 1.29 is 14.0 Å². The van der Waals surface area contributed by atoms with Crippen molar-refractivity contribution >= 4 is 23.2 Å². The maximum absolute atomic E-state index is 12.6. The second-order valence-electron chi connectivity index (χ2n) is 7.80. The Kier molecular flexibility index (Phi) is 5.97. The molecule has 1 aromatic carbocycles. The molecule has 2 amide bonds. The fraction of sp³-hybridized carbons (Fsp3) is 0.409. The largest absolute Gasteiger partial charge is 0.427 e. The third kappa shape index (κ3) is 4.68. The van der Waals surface area contributed by atoms with Gasteiger partial charge in [0.25, 0.3) is 5.91 Å². The zero-order valence-electron chi connectivity index (χ0n) is 16.5. The number of hydrogen-bond donors (Lipinski definition) is 2. The van der Waals surface area contributed by atoms with Gasteiger partial charge in [0.05, 0.1) is 0 Å². The van der Waals surface area contributed by atoms with Gasteiger partial charge >= 0.3 is 5.63 Å². The maximum atomic E-state index is 12.6. The lowest BCUT2D eigenvalue weighted by molar-refractivity contribution is -0.116. The molecule has 1 saturated carbocycles. The van der Waals surface area contributed by atoms with E-state index in [1.165, 1.54) is 0 Å². The molecular weight excluding hydrogens is 356 g/mol. The van der Waals surface area contributed by atoms with Crippen molar-refractivity contribution in [1.82, 2.24) is 0 Å². The Labute approximate surface area is 164 Å². The van der Waals surface area contributed by atoms with Gasteiger partial charge in [-0.15, -0.1) is 0 Å². The van der Waals surface area contributed by atoms with Crippen molar-refractivity contribution in [2.75, 3.05) is 10.6 Å². The van der Waals surface area contributed by atoms with Crippen LogP contribution in [0.1, 0.15) is 67.1 Å². The molecule has 0 spiro atoms. The molecule has 6 nitrogen and oxygen atoms in total. The second-order valence-corrected chi connectivity index (χ2v) is 7.80. The molecule has 0 unspecified atom stereocenters. The van der Waals surface area contributed by atoms with Crippen LogP contribution in [0.15, 0.2) is 39.5 Å². The zero-order valence-corrected chi connectivity index (χ0v) is 16.5. The summed E-state index contributed by atoms with van der Waals surface area (Å²) in [6, 6.07) is 8.59. The summed E-state index contributed by atoms with van der Waals surface area (Å²) in [5.74, 6) is 0.701. The lowest BCUT2D eigenvalue weighted by Gasteiger charge is -2.24. The van der Waals surface area contributed by atoms with Gasteiger partial charge in [-0.1, -0.05) is 20.3 Å². The summed E-state index contributed by atoms with van der Waals surface area (Å²) >= 11 is 0. The number of rotatable bonds is 6. The summed E-state index contributed by atoms with van der Waals surface area (Å²) in [6.45, 7) is 5.71. The first-order valence-electron chi connectivity index (χ1n) is 9.69. The molecule has 148 valence electrons. The highest BCUT2D eigenvalue weighted by atomic mass is 16.4. The first-order valence-corrected chi connectivity index (χ1v) is 9.69. The van der Waals surface area contributed by atoms with Gasteiger partial charge < -0.3 is 15.1 Å². The first-order chi connectivity index (χ1) is 13.3. The van der Waals surface area contributed by atoms with Gasteiger partial charge in [0.1, 0.15) is 11.3 Å². The molecule has 1 heterocycles. The van der Waals surface area contributed by atoms with Crippen LogP contribution in [-0.4, -0.2) is 11.8 Å². The molecule has 0 radical (unpaired) electrons. The number of carbonyl (C=O) groups excluding carboxylic acids is 2. The number of carbonyl (C=O) groups is 2. The molecule has 0 aliphatic heterocycles. The molecule has 2 aromatic rings. The number of aryl methyl sites for hydroxylation is 1. The molecule has 1 aliphatic rings. The fourth-order valence-corrected chi connectivity index (χ4v) is 3.21. The Morgan fingerprint density at radius 3 is 2.21 bits per heavy atom. The quantitative estimate of drug-likeness (QED) is 0.772. The highest BCUT2D eigenvalue weighted by Crippen LogP contribution is 2.36. The van der Waals surface area contributed by atoms with Gasteiger partial charge in [-0.3, -0.25) is 9.59 Å². The van der Waals surface area contributed by atoms with Crippen LogP contribution in [0.2, 0.25) is 0 Å². The van der Waals surface area contributed by atoms with Crippen LogP contribution >= 0.6 is 0 Å². The molecule has 1 aliphatic carbocycles. The number of amides is 2. The molecule has 1 aromatic heterocycles. The van der Waals surface area contributed by atoms with E-state index in [4.69, 9.17) is 4.42 Å². The molecular formula is C22H26N2O4. The molecule has 2 N–H and O–H groups in total. The Bertz CT molecular complexity index is 925. The van der Waals surface area contributed by atoms with E-state index in [-0.39, 0.29) is 17.4 Å². The molecule has 0 bridgehead atoms. The molecule has 0 saturated heterocycles. The molecule has 3 rings (SSSR count). The Morgan fingerprint density at radius 1 is 1.11 bits per heavy atom. The third-order valence-electron chi connectivity index (χ3n) is 4.92. The molecule has 0 atom stereocenters. The summed E-state index contributed by atoms with van der Waals surface area (Å²) in [5, 5.41) is 5.53. The topological polar surface area (TPSA) is 88.4 Å². The highest BCUT2D eigenvalue weighted by Gasteiger charge is 2.25. The van der Waals surface area contributed by atoms with Gasteiger partial charge in [0.2, 0.25) is 5.91 Å². The smallest absolute Gasteiger partial charge is 0.349 e. The van der Waals surface area contributed by atoms with E-state index in [1.807, 2.05) is 13.8 Å². The van der Waals surface area contributed by atoms with Crippen LogP contribution in [0.25, 0.3) is 0 Å². The summed E-state index contributed by atoms with van der Waals surface area (Å²) in [7, 11) is 0. The number of nitrogens with one attached hydrogen (secondary N) is 2. The van der Waals surface area contributed by atoms with Gasteiger partial charge in [-0.25, -0.2) is 4.79 Å². The zero-order chi connectivity index (χ0) is 20.3. The summed E-state index contributed by atoms with van der Waals surface area (Å²) in [5.41, 5.74) is 1.24. The fourth-order valence-electron chi connectivity index (χ4n) is 3.21. The summed E-state index contributed by atoms with van der Waals surface area (Å²) < 4.78 is 5.38. The SMILES string of the molecule is Cc1cc(C2CCC2)oc(=O)c1C(=O)Nc1ccc(NC(=O)CC(C)C)cc1. The van der Waals surface area contributed by atoms with Crippen LogP contribution < -0.4 is 16.3 Å². The van der Waals surface area contributed by atoms with Gasteiger partial charge in [-0.05, 0) is 61.6 Å². The van der Waals surface area contributed by atoms with Crippen LogP contribution in [0.4, 0.5) is 11.4 Å². The molecule has 1 fully saturated rings. The number of anilines is 2. The van der Waals surface area contributed by atoms with Crippen LogP contribution in [0.5, 0.6) is 0 Å². The summed E-state index contributed by atoms with van der Waals surface area (Å²) in [6.07, 6.45) is 3.63. The predicted octanol–water partition coefficient (Wildman–Crippen LogP) is 4.45. The average Bonchev–Trinajstić information content (AvgIpc) is 2.53. The van der Waals surface area contributed by atoms with Crippen LogP contribution in [-0.2, 0) is 4.79 Å². The van der Waals surface area contributed by atoms with Crippen molar-refractivity contribution in [2.24, 2.45) is 5.92 Å². The van der Waals surface area contributed by atoms with E-state index in [0.29, 0.717) is 35.0 Å². The standard InChI is InChI=1S/C22H26N2O4/c1-13(2)11-19(25)23-16-7-9-17(10-8-16)24-21(26)20-14(3)12-18(28-22(20)27)15-5-4-6-15/h7-10,12-13,15H,4-6,11H2,1-3H3,(H,23,25)(H,24,26). The van der Waals surface area contributed by atoms with E-state index < -0.39 is 11.5 Å². The van der Waals surface area contributed by atoms with E-state index in [1.54, 1.807) is 37.3 Å². The van der Waals surface area contributed by atoms with E-state index >= 15 is 0 Å². The Hall–Kier alpha value is -2.89. The van der Waals surface area contributed by atoms with Gasteiger partial charge in [0, 0.05) is 23.7 Å². The molecule has 28 heavy (non-hydrogen) atoms. The minimum Gasteiger partial charge on any atom is -0.427 e. The lowest BCUT2D eigenvalue weighted by atomic mass is 9.83. The van der Waals surface area contributed by atoms with Gasteiger partial charge in [-0.2, -0.15) is 0 Å². The number of hydrogen-bond acceptors (Lipinski definition) is 4. The Balaban J connectivity index is 1.68. The average molecular weight is 382 g/mol. The molecule has 6 heteroatoms. The maximum Gasteiger partial charge on any atom is 0.349 e. The summed E-state index contributed by atoms with van der Waals surface area (Å²) in [4.78, 5) is 36.7. The first kappa shape index (κ1) is 19.9. The van der Waals surface area contributed by atoms with E-state index in [2.05, 4.69) is 10.6 Å². The minimum absolute atomic E-state index is 0.0254. The third-order valence-corrected chi connectivity index (χ3v) is 4.92. The van der Waals surface area contributed by atoms with Crippen LogP contribution in [0.3, 0.4) is 0 Å². The van der Waals surface area contributed by atoms with Crippen molar-refractivity contribution in [3.8, 4) is 0 Å². The van der Waals surface area contributed by atoms with E-state index in [9.17, 15) is 14.4 Å². The highest BCUT2D eigenvalue weighted by molar-refractivity contribution is 6.05. The Morgan fingerprint density at radius 2 is 1.71 bits per heavy atom. The number of benzene rings is 1. The monoisotopic (exact) mass is 382 g/mol. The second kappa shape index (κ2) is 8.42. The van der Waals surface area contributed by atoms with Crippen molar-refractivity contribution in [2.45, 2.75) is 52.4 Å². The van der Waals surface area contributed by atoms with Crippen molar-refractivity contribution in [3.63, 3.8) is 0 Å². The van der Waals surface area contributed by atoms with Crippen molar-refractivity contribution in [1.29, 1.82) is 0 Å². The predicted molar refractivity (Wildman–Crippen MR) is 109 cm³/mol. The van der Waals surface area contributed by atoms with Crippen molar-refractivity contribution in [3.05, 3.63) is 57.6 Å². The van der Waals surface area contributed by atoms with E-state index in [0.717, 1.165) is 19.3 Å².